The third-order valence-electron chi connectivity index (χ3n) is 2.01. The number of hydrogen-bond donors (Lipinski definition) is 3. The molecule has 2 aromatic rings. The third-order valence-corrected chi connectivity index (χ3v) is 3.06. The number of nitrogens with two attached hydrogens (primary N) is 1. The van der Waals surface area contributed by atoms with E-state index in [1.165, 1.54) is 12.3 Å². The van der Waals surface area contributed by atoms with Gasteiger partial charge in [0.05, 0.1) is 17.4 Å². The molecule has 0 fully saturated rings. The number of carboxylic acid groups (broad SMARTS) is 2. The Kier molecular flexibility index (Phi) is 3.38. The first-order valence-corrected chi connectivity index (χ1v) is 5.65. The summed E-state index contributed by atoms with van der Waals surface area (Å²) in [6.45, 7) is 0. The van der Waals surface area contributed by atoms with Crippen LogP contribution in [0.3, 0.4) is 0 Å². The molecule has 0 bridgehead atoms. The van der Waals surface area contributed by atoms with Gasteiger partial charge in [-0.25, -0.2) is 19.6 Å². The van der Waals surface area contributed by atoms with E-state index in [1.807, 2.05) is 0 Å². The molecule has 8 nitrogen and oxygen atoms in total. The number of hydrogen-bond acceptors (Lipinski definition) is 7. The molecule has 2 rings (SSSR count). The van der Waals surface area contributed by atoms with E-state index in [0.29, 0.717) is 4.90 Å². The Labute approximate surface area is 110 Å². The molecule has 0 unspecified atom stereocenters. The molecule has 0 amide bonds. The predicted molar refractivity (Wildman–Crippen MR) is 63.2 cm³/mol. The summed E-state index contributed by atoms with van der Waals surface area (Å²) in [4.78, 5) is 29.3. The zero-order valence-electron chi connectivity index (χ0n) is 9.23. The van der Waals surface area contributed by atoms with Crippen LogP contribution in [-0.2, 0) is 0 Å². The fraction of sp³-hybridized carbons (Fsp3) is 0. The number of carboxylic acids is 2. The van der Waals surface area contributed by atoms with Crippen LogP contribution in [0.25, 0.3) is 0 Å². The number of rotatable bonds is 4. The van der Waals surface area contributed by atoms with Gasteiger partial charge in [0.25, 0.3) is 0 Å². The molecular formula is C10H7N3O5S. The van der Waals surface area contributed by atoms with E-state index in [9.17, 15) is 9.59 Å². The first kappa shape index (κ1) is 12.9. The molecular weight excluding hydrogens is 274 g/mol. The van der Waals surface area contributed by atoms with Gasteiger partial charge in [-0.1, -0.05) is 11.8 Å². The molecule has 0 aliphatic heterocycles. The molecule has 0 radical (unpaired) electrons. The van der Waals surface area contributed by atoms with Crippen LogP contribution in [0.1, 0.15) is 21.0 Å². The van der Waals surface area contributed by atoms with Crippen LogP contribution in [0.2, 0.25) is 0 Å². The Hall–Kier alpha value is -2.55. The Bertz CT molecular complexity index is 654. The van der Waals surface area contributed by atoms with Gasteiger partial charge in [-0.2, -0.15) is 0 Å². The predicted octanol–water partition coefficient (Wildman–Crippen LogP) is 1.20. The maximum absolute atomic E-state index is 10.8. The maximum atomic E-state index is 10.8. The molecule has 0 saturated heterocycles. The topological polar surface area (TPSA) is 140 Å². The van der Waals surface area contributed by atoms with Gasteiger partial charge in [0.2, 0.25) is 5.76 Å². The zero-order chi connectivity index (χ0) is 14.0. The molecule has 0 aliphatic rings. The summed E-state index contributed by atoms with van der Waals surface area (Å²) in [6.07, 6.45) is 2.27. The van der Waals surface area contributed by atoms with Gasteiger partial charge >= 0.3 is 11.9 Å². The third kappa shape index (κ3) is 2.65. The Balaban J connectivity index is 2.31. The van der Waals surface area contributed by atoms with Crippen molar-refractivity contribution in [3.63, 3.8) is 0 Å². The lowest BCUT2D eigenvalue weighted by molar-refractivity contribution is 0.0654. The van der Waals surface area contributed by atoms with Gasteiger partial charge in [0.15, 0.2) is 11.5 Å². The summed E-state index contributed by atoms with van der Waals surface area (Å²) >= 11 is 0.930. The fourth-order valence-electron chi connectivity index (χ4n) is 1.21. The lowest BCUT2D eigenvalue weighted by atomic mass is 10.4. The maximum Gasteiger partial charge on any atom is 0.372 e. The number of carbonyl (C=O) groups is 2. The van der Waals surface area contributed by atoms with Crippen molar-refractivity contribution in [2.75, 3.05) is 5.73 Å². The highest BCUT2D eigenvalue weighted by Gasteiger charge is 2.18. The van der Waals surface area contributed by atoms with Crippen molar-refractivity contribution < 1.29 is 24.2 Å². The van der Waals surface area contributed by atoms with Crippen molar-refractivity contribution in [3.8, 4) is 0 Å². The number of nitrogens with zero attached hydrogens (tertiary/aromatic N) is 2. The number of aromatic carboxylic acids is 2. The Morgan fingerprint density at radius 2 is 2.05 bits per heavy atom. The number of anilines is 1. The molecule has 0 aromatic carbocycles. The van der Waals surface area contributed by atoms with Gasteiger partial charge < -0.3 is 20.4 Å². The highest BCUT2D eigenvalue weighted by atomic mass is 32.2. The summed E-state index contributed by atoms with van der Waals surface area (Å²) in [5.41, 5.74) is 5.28. The zero-order valence-corrected chi connectivity index (χ0v) is 10.0. The average Bonchev–Trinajstić information content (AvgIpc) is 2.79. The lowest BCUT2D eigenvalue weighted by Crippen LogP contribution is -2.05. The number of nitrogen functional groups attached to an aromatic ring is 1. The van der Waals surface area contributed by atoms with Gasteiger partial charge in [-0.05, 0) is 6.07 Å². The Morgan fingerprint density at radius 1 is 1.32 bits per heavy atom. The van der Waals surface area contributed by atoms with Crippen LogP contribution >= 0.6 is 11.8 Å². The van der Waals surface area contributed by atoms with Gasteiger partial charge in [-0.3, -0.25) is 0 Å². The minimum Gasteiger partial charge on any atom is -0.476 e. The fourth-order valence-corrected chi connectivity index (χ4v) is 2.03. The standard InChI is InChI=1S/C10H7N3O5S/c11-7-8(12-3-4(13-7)9(14)15)19-5-1-2-18-6(5)10(16)17/h1-3H,(H2,11,13)(H,14,15)(H,16,17). The summed E-state index contributed by atoms with van der Waals surface area (Å²) < 4.78 is 4.80. The van der Waals surface area contributed by atoms with Gasteiger partial charge in [0, 0.05) is 0 Å². The molecule has 0 spiro atoms. The van der Waals surface area contributed by atoms with E-state index < -0.39 is 11.9 Å². The summed E-state index contributed by atoms with van der Waals surface area (Å²) in [5, 5.41) is 17.8. The van der Waals surface area contributed by atoms with E-state index in [1.54, 1.807) is 0 Å². The molecule has 19 heavy (non-hydrogen) atoms. The summed E-state index contributed by atoms with van der Waals surface area (Å²) in [6, 6.07) is 1.44. The molecule has 9 heteroatoms. The van der Waals surface area contributed by atoms with Crippen molar-refractivity contribution in [2.45, 2.75) is 9.92 Å². The van der Waals surface area contributed by atoms with E-state index >= 15 is 0 Å². The summed E-state index contributed by atoms with van der Waals surface area (Å²) in [5.74, 6) is -2.80. The number of aromatic nitrogens is 2. The highest BCUT2D eigenvalue weighted by Crippen LogP contribution is 2.32. The van der Waals surface area contributed by atoms with Crippen LogP contribution in [0, 0.1) is 0 Å². The second-order valence-electron chi connectivity index (χ2n) is 3.27. The van der Waals surface area contributed by atoms with Crippen LogP contribution in [-0.4, -0.2) is 32.1 Å². The first-order valence-electron chi connectivity index (χ1n) is 4.83. The molecule has 4 N–H and O–H groups in total. The highest BCUT2D eigenvalue weighted by molar-refractivity contribution is 7.99. The van der Waals surface area contributed by atoms with Crippen molar-refractivity contribution >= 4 is 29.5 Å². The minimum absolute atomic E-state index is 0.0950. The van der Waals surface area contributed by atoms with Crippen molar-refractivity contribution in [2.24, 2.45) is 0 Å². The van der Waals surface area contributed by atoms with Gasteiger partial charge in [-0.15, -0.1) is 0 Å². The second-order valence-corrected chi connectivity index (χ2v) is 4.30. The quantitative estimate of drug-likeness (QED) is 0.753. The summed E-state index contributed by atoms with van der Waals surface area (Å²) in [7, 11) is 0. The van der Waals surface area contributed by atoms with E-state index in [4.69, 9.17) is 20.4 Å². The monoisotopic (exact) mass is 281 g/mol. The molecule has 0 atom stereocenters. The molecule has 98 valence electrons. The molecule has 2 heterocycles. The van der Waals surface area contributed by atoms with Gasteiger partial charge in [0.1, 0.15) is 5.03 Å². The second kappa shape index (κ2) is 4.98. The van der Waals surface area contributed by atoms with Crippen molar-refractivity contribution in [3.05, 3.63) is 30.0 Å². The lowest BCUT2D eigenvalue weighted by Gasteiger charge is -2.03. The van der Waals surface area contributed by atoms with Crippen LogP contribution in [0.4, 0.5) is 5.82 Å². The van der Waals surface area contributed by atoms with E-state index in [0.717, 1.165) is 18.0 Å². The molecule has 2 aromatic heterocycles. The van der Waals surface area contributed by atoms with Crippen LogP contribution in [0.15, 0.2) is 32.9 Å². The normalized spacial score (nSPS) is 10.3. The molecule has 0 saturated carbocycles. The largest absolute Gasteiger partial charge is 0.476 e. The smallest absolute Gasteiger partial charge is 0.372 e. The minimum atomic E-state index is -1.25. The van der Waals surface area contributed by atoms with Crippen molar-refractivity contribution in [1.82, 2.24) is 9.97 Å². The Morgan fingerprint density at radius 3 is 2.63 bits per heavy atom. The van der Waals surface area contributed by atoms with E-state index in [-0.39, 0.29) is 22.3 Å². The van der Waals surface area contributed by atoms with Crippen molar-refractivity contribution in [1.29, 1.82) is 0 Å². The number of furan rings is 1. The SMILES string of the molecule is Nc1nc(C(=O)O)cnc1Sc1ccoc1C(=O)O. The van der Waals surface area contributed by atoms with Crippen LogP contribution in [0.5, 0.6) is 0 Å². The first-order chi connectivity index (χ1) is 8.99. The molecule has 0 aliphatic carbocycles. The van der Waals surface area contributed by atoms with E-state index in [2.05, 4.69) is 9.97 Å². The average molecular weight is 281 g/mol. The van der Waals surface area contributed by atoms with Crippen LogP contribution < -0.4 is 5.73 Å².